The van der Waals surface area contributed by atoms with Crippen molar-refractivity contribution in [1.82, 2.24) is 15.5 Å². The van der Waals surface area contributed by atoms with E-state index >= 15 is 0 Å². The fraction of sp³-hybridized carbons (Fsp3) is 0.500. The molecule has 1 fully saturated rings. The van der Waals surface area contributed by atoms with Gasteiger partial charge in [-0.1, -0.05) is 23.8 Å². The molecule has 0 radical (unpaired) electrons. The Morgan fingerprint density at radius 2 is 2.10 bits per heavy atom. The van der Waals surface area contributed by atoms with Crippen LogP contribution in [0.3, 0.4) is 0 Å². The summed E-state index contributed by atoms with van der Waals surface area (Å²) in [5.74, 6) is -0.0439. The molecule has 0 unspecified atom stereocenters. The highest BCUT2D eigenvalue weighted by atomic mass is 16.2. The summed E-state index contributed by atoms with van der Waals surface area (Å²) in [6, 6.07) is 6.23. The van der Waals surface area contributed by atoms with Crippen LogP contribution in [0.5, 0.6) is 0 Å². The summed E-state index contributed by atoms with van der Waals surface area (Å²) < 4.78 is 0. The highest BCUT2D eigenvalue weighted by Crippen LogP contribution is 2.12. The molecule has 0 aliphatic carbocycles. The summed E-state index contributed by atoms with van der Waals surface area (Å²) in [5.41, 5.74) is 3.54. The van der Waals surface area contributed by atoms with Crippen LogP contribution in [0.2, 0.25) is 0 Å². The minimum atomic E-state index is -0.0668. The maximum absolute atomic E-state index is 12.1. The van der Waals surface area contributed by atoms with E-state index < -0.39 is 0 Å². The first-order valence-electron chi connectivity index (χ1n) is 7.31. The normalized spacial score (nSPS) is 17.7. The Labute approximate surface area is 125 Å². The van der Waals surface area contributed by atoms with E-state index in [1.807, 2.05) is 0 Å². The van der Waals surface area contributed by atoms with E-state index in [0.717, 1.165) is 12.0 Å². The summed E-state index contributed by atoms with van der Waals surface area (Å²) in [6.45, 7) is 7.41. The molecule has 21 heavy (non-hydrogen) atoms. The molecule has 1 aliphatic rings. The van der Waals surface area contributed by atoms with Gasteiger partial charge in [0, 0.05) is 32.6 Å². The number of benzene rings is 1. The van der Waals surface area contributed by atoms with E-state index in [9.17, 15) is 9.59 Å². The molecule has 5 heteroatoms. The third kappa shape index (κ3) is 4.21. The van der Waals surface area contributed by atoms with Crippen molar-refractivity contribution >= 4 is 11.9 Å². The zero-order valence-corrected chi connectivity index (χ0v) is 12.9. The summed E-state index contributed by atoms with van der Waals surface area (Å²) >= 11 is 0. The number of likely N-dealkylation sites (tertiary alicyclic amines) is 1. The van der Waals surface area contributed by atoms with Crippen molar-refractivity contribution in [2.75, 3.05) is 13.1 Å². The van der Waals surface area contributed by atoms with Gasteiger partial charge in [0.1, 0.15) is 0 Å². The van der Waals surface area contributed by atoms with Crippen molar-refractivity contribution in [3.8, 4) is 0 Å². The highest BCUT2D eigenvalue weighted by molar-refractivity contribution is 5.75. The van der Waals surface area contributed by atoms with E-state index in [2.05, 4.69) is 42.7 Å². The Morgan fingerprint density at radius 1 is 1.33 bits per heavy atom. The number of hydrogen-bond donors (Lipinski definition) is 2. The van der Waals surface area contributed by atoms with Gasteiger partial charge in [0.05, 0.1) is 0 Å². The Balaban J connectivity index is 1.84. The Bertz CT molecular complexity index is 542. The van der Waals surface area contributed by atoms with Gasteiger partial charge in [0.2, 0.25) is 5.91 Å². The Morgan fingerprint density at radius 3 is 2.76 bits per heavy atom. The van der Waals surface area contributed by atoms with Gasteiger partial charge in [-0.15, -0.1) is 0 Å². The molecule has 1 saturated heterocycles. The van der Waals surface area contributed by atoms with E-state index in [1.54, 1.807) is 4.90 Å². The molecule has 1 aromatic carbocycles. The summed E-state index contributed by atoms with van der Waals surface area (Å²) in [4.78, 5) is 24.9. The summed E-state index contributed by atoms with van der Waals surface area (Å²) in [7, 11) is 0. The standard InChI is InChI=1S/C16H23N3O2/c1-11-4-5-14(12(2)8-11)9-17-16(21)19-7-6-15(10-19)18-13(3)20/h4-5,8,15H,6-7,9-10H2,1-3H3,(H,17,21)(H,18,20)/t15-/m0/s1. The molecule has 1 aromatic rings. The molecule has 0 aromatic heterocycles. The second-order valence-corrected chi connectivity index (χ2v) is 5.72. The maximum Gasteiger partial charge on any atom is 0.317 e. The lowest BCUT2D eigenvalue weighted by Crippen LogP contribution is -2.41. The van der Waals surface area contributed by atoms with Gasteiger partial charge < -0.3 is 15.5 Å². The van der Waals surface area contributed by atoms with Crippen LogP contribution in [0, 0.1) is 13.8 Å². The SMILES string of the molecule is CC(=O)N[C@H]1CCN(C(=O)NCc2ccc(C)cc2C)C1. The van der Waals surface area contributed by atoms with Crippen molar-refractivity contribution in [3.63, 3.8) is 0 Å². The van der Waals surface area contributed by atoms with Gasteiger partial charge in [-0.25, -0.2) is 4.79 Å². The topological polar surface area (TPSA) is 61.4 Å². The molecule has 2 rings (SSSR count). The van der Waals surface area contributed by atoms with Gasteiger partial charge in [0.15, 0.2) is 0 Å². The molecule has 3 amide bonds. The smallest absolute Gasteiger partial charge is 0.317 e. The van der Waals surface area contributed by atoms with Gasteiger partial charge in [0.25, 0.3) is 0 Å². The number of amides is 3. The first-order valence-corrected chi connectivity index (χ1v) is 7.31. The average Bonchev–Trinajstić information content (AvgIpc) is 2.85. The van der Waals surface area contributed by atoms with Crippen molar-refractivity contribution in [3.05, 3.63) is 34.9 Å². The fourth-order valence-corrected chi connectivity index (χ4v) is 2.68. The van der Waals surface area contributed by atoms with Gasteiger partial charge in [-0.3, -0.25) is 4.79 Å². The first-order chi connectivity index (χ1) is 9.95. The van der Waals surface area contributed by atoms with Crippen LogP contribution in [0.1, 0.15) is 30.0 Å². The maximum atomic E-state index is 12.1. The number of hydrogen-bond acceptors (Lipinski definition) is 2. The number of carbonyl (C=O) groups excluding carboxylic acids is 2. The number of aryl methyl sites for hydroxylation is 2. The first kappa shape index (κ1) is 15.4. The number of nitrogens with one attached hydrogen (secondary N) is 2. The molecule has 114 valence electrons. The van der Waals surface area contributed by atoms with Gasteiger partial charge in [-0.2, -0.15) is 0 Å². The number of rotatable bonds is 3. The van der Waals surface area contributed by atoms with E-state index in [-0.39, 0.29) is 18.0 Å². The van der Waals surface area contributed by atoms with Gasteiger partial charge >= 0.3 is 6.03 Å². The van der Waals surface area contributed by atoms with Crippen LogP contribution in [0.15, 0.2) is 18.2 Å². The van der Waals surface area contributed by atoms with Crippen molar-refractivity contribution in [2.24, 2.45) is 0 Å². The molecule has 0 spiro atoms. The Hall–Kier alpha value is -2.04. The highest BCUT2D eigenvalue weighted by Gasteiger charge is 2.26. The predicted molar refractivity (Wildman–Crippen MR) is 81.9 cm³/mol. The molecular weight excluding hydrogens is 266 g/mol. The number of nitrogens with zero attached hydrogens (tertiary/aromatic N) is 1. The zero-order chi connectivity index (χ0) is 15.4. The zero-order valence-electron chi connectivity index (χ0n) is 12.9. The summed E-state index contributed by atoms with van der Waals surface area (Å²) in [5, 5.41) is 5.80. The molecule has 0 saturated carbocycles. The predicted octanol–water partition coefficient (Wildman–Crippen LogP) is 1.72. The summed E-state index contributed by atoms with van der Waals surface area (Å²) in [6.07, 6.45) is 0.816. The quantitative estimate of drug-likeness (QED) is 0.890. The monoisotopic (exact) mass is 289 g/mol. The van der Waals surface area contributed by atoms with Crippen LogP contribution in [0.25, 0.3) is 0 Å². The van der Waals surface area contributed by atoms with Gasteiger partial charge in [-0.05, 0) is 31.4 Å². The molecule has 1 atom stereocenters. The number of urea groups is 1. The van der Waals surface area contributed by atoms with E-state index in [1.165, 1.54) is 18.1 Å². The average molecular weight is 289 g/mol. The lowest BCUT2D eigenvalue weighted by molar-refractivity contribution is -0.119. The van der Waals surface area contributed by atoms with Crippen molar-refractivity contribution in [1.29, 1.82) is 0 Å². The lowest BCUT2D eigenvalue weighted by atomic mass is 10.1. The third-order valence-corrected chi connectivity index (χ3v) is 3.81. The van der Waals surface area contributed by atoms with Crippen LogP contribution in [0.4, 0.5) is 4.79 Å². The molecule has 1 heterocycles. The molecule has 1 aliphatic heterocycles. The van der Waals surface area contributed by atoms with E-state index in [0.29, 0.717) is 19.6 Å². The molecule has 5 nitrogen and oxygen atoms in total. The number of carbonyl (C=O) groups is 2. The minimum absolute atomic E-state index is 0.0439. The second-order valence-electron chi connectivity index (χ2n) is 5.72. The van der Waals surface area contributed by atoms with E-state index in [4.69, 9.17) is 0 Å². The third-order valence-electron chi connectivity index (χ3n) is 3.81. The Kier molecular flexibility index (Phi) is 4.83. The molecule has 0 bridgehead atoms. The molecule has 2 N–H and O–H groups in total. The second kappa shape index (κ2) is 6.61. The van der Waals surface area contributed by atoms with Crippen LogP contribution >= 0.6 is 0 Å². The fourth-order valence-electron chi connectivity index (χ4n) is 2.68. The minimum Gasteiger partial charge on any atom is -0.352 e. The van der Waals surface area contributed by atoms with Crippen LogP contribution in [-0.2, 0) is 11.3 Å². The largest absolute Gasteiger partial charge is 0.352 e. The van der Waals surface area contributed by atoms with Crippen LogP contribution in [-0.4, -0.2) is 36.0 Å². The van der Waals surface area contributed by atoms with Crippen LogP contribution < -0.4 is 10.6 Å². The lowest BCUT2D eigenvalue weighted by Gasteiger charge is -2.18. The van der Waals surface area contributed by atoms with Crippen molar-refractivity contribution in [2.45, 2.75) is 39.8 Å². The molecular formula is C16H23N3O2. The van der Waals surface area contributed by atoms with Crippen molar-refractivity contribution < 1.29 is 9.59 Å².